The van der Waals surface area contributed by atoms with Crippen molar-refractivity contribution >= 4 is 16.9 Å². The highest BCUT2D eigenvalue weighted by Gasteiger charge is 2.13. The third-order valence-electron chi connectivity index (χ3n) is 2.58. The molecule has 3 aromatic rings. The zero-order valence-electron chi connectivity index (χ0n) is 8.98. The fourth-order valence-electron chi connectivity index (χ4n) is 1.73. The molecular weight excluding hydrogens is 239 g/mol. The van der Waals surface area contributed by atoms with E-state index >= 15 is 0 Å². The van der Waals surface area contributed by atoms with E-state index in [-0.39, 0.29) is 11.5 Å². The highest BCUT2D eigenvalue weighted by molar-refractivity contribution is 5.88. The Morgan fingerprint density at radius 2 is 2.17 bits per heavy atom. The summed E-state index contributed by atoms with van der Waals surface area (Å²) in [6.07, 6.45) is 0. The van der Waals surface area contributed by atoms with Crippen molar-refractivity contribution in [3.05, 3.63) is 41.8 Å². The molecule has 1 aromatic carbocycles. The van der Waals surface area contributed by atoms with Crippen molar-refractivity contribution in [2.45, 2.75) is 0 Å². The van der Waals surface area contributed by atoms with Gasteiger partial charge in [-0.05, 0) is 24.3 Å². The summed E-state index contributed by atoms with van der Waals surface area (Å²) in [5.74, 6) is -1.21. The summed E-state index contributed by atoms with van der Waals surface area (Å²) in [7, 11) is 0. The number of carbonyl (C=O) groups is 1. The van der Waals surface area contributed by atoms with Crippen molar-refractivity contribution in [3.63, 3.8) is 0 Å². The number of hydrogen-bond acceptors (Lipinski definition) is 3. The molecule has 2 aromatic heterocycles. The van der Waals surface area contributed by atoms with Crippen LogP contribution in [0.15, 0.2) is 34.9 Å². The molecular formula is C12H7FN2O3. The number of fused-ring (bicyclic) bond motifs is 1. The molecule has 90 valence electrons. The number of aromatic nitrogens is 2. The standard InChI is InChI=1S/C12H7FN2O3/c13-7-2-1-6-3-9(14-8(6)4-7)11-5-10(12(16)17)15-18-11/h1-5,14H,(H,16,17). The number of nitrogens with one attached hydrogen (secondary N) is 1. The number of H-pyrrole nitrogens is 1. The van der Waals surface area contributed by atoms with Gasteiger partial charge < -0.3 is 14.6 Å². The summed E-state index contributed by atoms with van der Waals surface area (Å²) in [6, 6.07) is 7.37. The zero-order chi connectivity index (χ0) is 12.7. The summed E-state index contributed by atoms with van der Waals surface area (Å²) >= 11 is 0. The second kappa shape index (κ2) is 3.69. The predicted octanol–water partition coefficient (Wildman–Crippen LogP) is 2.66. The van der Waals surface area contributed by atoms with Crippen LogP contribution < -0.4 is 0 Å². The van der Waals surface area contributed by atoms with Crippen LogP contribution in [0.2, 0.25) is 0 Å². The van der Waals surface area contributed by atoms with Gasteiger partial charge in [-0.15, -0.1) is 0 Å². The molecule has 18 heavy (non-hydrogen) atoms. The average Bonchev–Trinajstić information content (AvgIpc) is 2.93. The molecule has 0 saturated heterocycles. The van der Waals surface area contributed by atoms with E-state index in [1.807, 2.05) is 0 Å². The van der Waals surface area contributed by atoms with Crippen LogP contribution in [0, 0.1) is 5.82 Å². The van der Waals surface area contributed by atoms with E-state index in [0.29, 0.717) is 17.0 Å². The van der Waals surface area contributed by atoms with Gasteiger partial charge >= 0.3 is 5.97 Å². The lowest BCUT2D eigenvalue weighted by molar-refractivity contribution is 0.0686. The van der Waals surface area contributed by atoms with Gasteiger partial charge in [-0.3, -0.25) is 0 Å². The van der Waals surface area contributed by atoms with E-state index in [1.165, 1.54) is 18.2 Å². The number of halogens is 1. The van der Waals surface area contributed by atoms with Crippen LogP contribution >= 0.6 is 0 Å². The average molecular weight is 246 g/mol. The van der Waals surface area contributed by atoms with Crippen molar-refractivity contribution in [1.82, 2.24) is 10.1 Å². The first-order valence-corrected chi connectivity index (χ1v) is 5.12. The van der Waals surface area contributed by atoms with E-state index in [2.05, 4.69) is 10.1 Å². The van der Waals surface area contributed by atoms with E-state index in [1.54, 1.807) is 12.1 Å². The largest absolute Gasteiger partial charge is 0.476 e. The SMILES string of the molecule is O=C(O)c1cc(-c2cc3ccc(F)cc3[nH]2)on1. The first-order valence-electron chi connectivity index (χ1n) is 5.12. The number of carboxylic acids is 1. The molecule has 0 amide bonds. The molecule has 0 aliphatic carbocycles. The Hall–Kier alpha value is -2.63. The molecule has 2 N–H and O–H groups in total. The highest BCUT2D eigenvalue weighted by Crippen LogP contribution is 2.25. The second-order valence-corrected chi connectivity index (χ2v) is 3.80. The van der Waals surface area contributed by atoms with Gasteiger partial charge in [0, 0.05) is 17.0 Å². The van der Waals surface area contributed by atoms with Crippen LogP contribution in [0.1, 0.15) is 10.5 Å². The number of nitrogens with zero attached hydrogens (tertiary/aromatic N) is 1. The number of aromatic amines is 1. The number of benzene rings is 1. The summed E-state index contributed by atoms with van der Waals surface area (Å²) in [4.78, 5) is 13.6. The minimum absolute atomic E-state index is 0.171. The Balaban J connectivity index is 2.10. The first kappa shape index (κ1) is 10.5. The number of aromatic carboxylic acids is 1. The van der Waals surface area contributed by atoms with Gasteiger partial charge in [0.1, 0.15) is 5.82 Å². The lowest BCUT2D eigenvalue weighted by Gasteiger charge is -1.88. The van der Waals surface area contributed by atoms with Crippen molar-refractivity contribution < 1.29 is 18.8 Å². The fourth-order valence-corrected chi connectivity index (χ4v) is 1.73. The van der Waals surface area contributed by atoms with Gasteiger partial charge in [-0.25, -0.2) is 9.18 Å². The fraction of sp³-hybridized carbons (Fsp3) is 0. The Morgan fingerprint density at radius 1 is 1.33 bits per heavy atom. The van der Waals surface area contributed by atoms with E-state index < -0.39 is 5.97 Å². The molecule has 0 spiro atoms. The lowest BCUT2D eigenvalue weighted by atomic mass is 10.2. The van der Waals surface area contributed by atoms with Crippen molar-refractivity contribution in [3.8, 4) is 11.5 Å². The van der Waals surface area contributed by atoms with Gasteiger partial charge in [0.2, 0.25) is 0 Å². The Labute approximate surface area is 99.8 Å². The summed E-state index contributed by atoms with van der Waals surface area (Å²) in [5.41, 5.74) is 0.990. The van der Waals surface area contributed by atoms with E-state index in [9.17, 15) is 9.18 Å². The quantitative estimate of drug-likeness (QED) is 0.728. The van der Waals surface area contributed by atoms with Gasteiger partial charge in [0.15, 0.2) is 11.5 Å². The molecule has 0 aliphatic heterocycles. The zero-order valence-corrected chi connectivity index (χ0v) is 8.98. The maximum Gasteiger partial charge on any atom is 0.358 e. The molecule has 0 unspecified atom stereocenters. The Bertz CT molecular complexity index is 745. The first-order chi connectivity index (χ1) is 8.63. The maximum atomic E-state index is 13.0. The molecule has 0 fully saturated rings. The van der Waals surface area contributed by atoms with Crippen molar-refractivity contribution in [1.29, 1.82) is 0 Å². The molecule has 0 aliphatic rings. The minimum atomic E-state index is -1.16. The van der Waals surface area contributed by atoms with Crippen LogP contribution in [-0.2, 0) is 0 Å². The Kier molecular flexibility index (Phi) is 2.16. The van der Waals surface area contributed by atoms with Gasteiger partial charge in [-0.2, -0.15) is 0 Å². The highest BCUT2D eigenvalue weighted by atomic mass is 19.1. The van der Waals surface area contributed by atoms with Crippen LogP contribution in [0.4, 0.5) is 4.39 Å². The smallest absolute Gasteiger partial charge is 0.358 e. The topological polar surface area (TPSA) is 79.1 Å². The van der Waals surface area contributed by atoms with Crippen molar-refractivity contribution in [2.75, 3.05) is 0 Å². The molecule has 6 heteroatoms. The molecule has 0 radical (unpaired) electrons. The second-order valence-electron chi connectivity index (χ2n) is 3.80. The van der Waals surface area contributed by atoms with Crippen molar-refractivity contribution in [2.24, 2.45) is 0 Å². The lowest BCUT2D eigenvalue weighted by Crippen LogP contribution is -1.94. The molecule has 2 heterocycles. The van der Waals surface area contributed by atoms with Crippen LogP contribution in [0.5, 0.6) is 0 Å². The van der Waals surface area contributed by atoms with Crippen LogP contribution in [0.25, 0.3) is 22.4 Å². The summed E-state index contributed by atoms with van der Waals surface area (Å²) < 4.78 is 17.9. The van der Waals surface area contributed by atoms with Crippen LogP contribution in [0.3, 0.4) is 0 Å². The molecule has 5 nitrogen and oxygen atoms in total. The predicted molar refractivity (Wildman–Crippen MR) is 60.7 cm³/mol. The van der Waals surface area contributed by atoms with E-state index in [4.69, 9.17) is 9.63 Å². The molecule has 0 saturated carbocycles. The van der Waals surface area contributed by atoms with Gasteiger partial charge in [0.05, 0.1) is 5.69 Å². The van der Waals surface area contributed by atoms with Gasteiger partial charge in [0.25, 0.3) is 0 Å². The minimum Gasteiger partial charge on any atom is -0.476 e. The molecule has 0 atom stereocenters. The van der Waals surface area contributed by atoms with Crippen LogP contribution in [-0.4, -0.2) is 21.2 Å². The molecule has 3 rings (SSSR count). The third kappa shape index (κ3) is 1.64. The number of rotatable bonds is 2. The van der Waals surface area contributed by atoms with Gasteiger partial charge in [-0.1, -0.05) is 5.16 Å². The Morgan fingerprint density at radius 3 is 2.89 bits per heavy atom. The summed E-state index contributed by atoms with van der Waals surface area (Å²) in [5, 5.41) is 13.0. The molecule has 0 bridgehead atoms. The van der Waals surface area contributed by atoms with E-state index in [0.717, 1.165) is 5.39 Å². The monoisotopic (exact) mass is 246 g/mol. The summed E-state index contributed by atoms with van der Waals surface area (Å²) in [6.45, 7) is 0. The number of carboxylic acid groups (broad SMARTS) is 1. The normalized spacial score (nSPS) is 10.9. The maximum absolute atomic E-state index is 13.0. The number of hydrogen-bond donors (Lipinski definition) is 2. The third-order valence-corrected chi connectivity index (χ3v) is 2.58.